The minimum atomic E-state index is -2.10. The number of carbonyl (C=O) groups excluding carboxylic acids is 1. The van der Waals surface area contributed by atoms with E-state index in [2.05, 4.69) is 15.6 Å². The number of nitro benzene ring substituents is 2. The molecule has 27 heavy (non-hydrogen) atoms. The summed E-state index contributed by atoms with van der Waals surface area (Å²) in [5.74, 6) is -0.656. The third-order valence-corrected chi connectivity index (χ3v) is 3.87. The maximum Gasteiger partial charge on any atom is 0.299 e. The van der Waals surface area contributed by atoms with Crippen molar-refractivity contribution in [1.29, 1.82) is 0 Å². The van der Waals surface area contributed by atoms with Crippen LogP contribution in [0, 0.1) is 20.2 Å². The van der Waals surface area contributed by atoms with E-state index < -0.39 is 37.1 Å². The second-order valence-electron chi connectivity index (χ2n) is 5.05. The highest BCUT2D eigenvalue weighted by Crippen LogP contribution is 2.35. The fourth-order valence-electron chi connectivity index (χ4n) is 1.97. The molecule has 1 aromatic carbocycles. The number of hydrogen-bond donors (Lipinski definition) is 2. The van der Waals surface area contributed by atoms with Gasteiger partial charge in [0.05, 0.1) is 21.5 Å². The fraction of sp³-hybridized carbons (Fsp3) is 0.143. The molecule has 142 valence electrons. The number of carbonyl (C=O) groups is 1. The van der Waals surface area contributed by atoms with Crippen molar-refractivity contribution in [3.05, 3.63) is 68.5 Å². The SMILES string of the molecule is O=C(N[C@H](Nc1ccc([N+](=O)[O-])cc1[N+](=O)[O-])C(Cl)(Cl)Cl)c1cccnc1. The first-order valence-corrected chi connectivity index (χ1v) is 8.20. The highest BCUT2D eigenvalue weighted by molar-refractivity contribution is 6.68. The number of hydrogen-bond acceptors (Lipinski definition) is 7. The van der Waals surface area contributed by atoms with Crippen LogP contribution in [-0.4, -0.2) is 30.7 Å². The monoisotopic (exact) mass is 433 g/mol. The summed E-state index contributed by atoms with van der Waals surface area (Å²) in [5.41, 5.74) is -1.14. The van der Waals surface area contributed by atoms with Crippen LogP contribution >= 0.6 is 34.8 Å². The molecule has 0 unspecified atom stereocenters. The number of alkyl halides is 3. The summed E-state index contributed by atoms with van der Waals surface area (Å²) in [5, 5.41) is 26.9. The smallest absolute Gasteiger partial charge is 0.299 e. The number of nitrogens with zero attached hydrogens (tertiary/aromatic N) is 3. The van der Waals surface area contributed by atoms with Gasteiger partial charge in [0.15, 0.2) is 0 Å². The largest absolute Gasteiger partial charge is 0.356 e. The van der Waals surface area contributed by atoms with Crippen LogP contribution in [0.1, 0.15) is 10.4 Å². The van der Waals surface area contributed by atoms with Gasteiger partial charge >= 0.3 is 0 Å². The van der Waals surface area contributed by atoms with Crippen LogP contribution in [0.15, 0.2) is 42.7 Å². The Kier molecular flexibility index (Phi) is 6.37. The van der Waals surface area contributed by atoms with Crippen LogP contribution in [-0.2, 0) is 0 Å². The van der Waals surface area contributed by atoms with E-state index >= 15 is 0 Å². The molecule has 2 aromatic rings. The van der Waals surface area contributed by atoms with Crippen LogP contribution < -0.4 is 10.6 Å². The lowest BCUT2D eigenvalue weighted by Gasteiger charge is -2.27. The summed E-state index contributed by atoms with van der Waals surface area (Å²) in [6, 6.07) is 5.85. The average molecular weight is 435 g/mol. The molecule has 10 nitrogen and oxygen atoms in total. The van der Waals surface area contributed by atoms with Crippen LogP contribution in [0.2, 0.25) is 0 Å². The molecule has 0 radical (unpaired) electrons. The standard InChI is InChI=1S/C14H10Cl3N5O5/c15-14(16,17)13(20-12(23)8-2-1-5-18-7-8)19-10-4-3-9(21(24)25)6-11(10)22(26)27/h1-7,13,19H,(H,20,23)/t13-/m0/s1. The molecule has 0 bridgehead atoms. The lowest BCUT2D eigenvalue weighted by Crippen LogP contribution is -2.49. The van der Waals surface area contributed by atoms with Gasteiger partial charge in [-0.05, 0) is 18.2 Å². The predicted octanol–water partition coefficient (Wildman–Crippen LogP) is 3.44. The molecule has 13 heteroatoms. The van der Waals surface area contributed by atoms with E-state index in [1.807, 2.05) is 0 Å². The first-order valence-electron chi connectivity index (χ1n) is 7.06. The number of amides is 1. The van der Waals surface area contributed by atoms with Crippen molar-refractivity contribution in [1.82, 2.24) is 10.3 Å². The van der Waals surface area contributed by atoms with Crippen LogP contribution in [0.3, 0.4) is 0 Å². The molecule has 0 aliphatic heterocycles. The van der Waals surface area contributed by atoms with E-state index in [0.29, 0.717) is 0 Å². The number of halogens is 3. The molecule has 0 saturated heterocycles. The summed E-state index contributed by atoms with van der Waals surface area (Å²) in [4.78, 5) is 36.5. The summed E-state index contributed by atoms with van der Waals surface area (Å²) in [7, 11) is 0. The summed E-state index contributed by atoms with van der Waals surface area (Å²) in [6.07, 6.45) is 1.34. The van der Waals surface area contributed by atoms with Crippen molar-refractivity contribution < 1.29 is 14.6 Å². The highest BCUT2D eigenvalue weighted by Gasteiger charge is 2.36. The number of aromatic nitrogens is 1. The van der Waals surface area contributed by atoms with Crippen molar-refractivity contribution in [3.63, 3.8) is 0 Å². The van der Waals surface area contributed by atoms with E-state index in [4.69, 9.17) is 34.8 Å². The van der Waals surface area contributed by atoms with Gasteiger partial charge in [-0.15, -0.1) is 0 Å². The lowest BCUT2D eigenvalue weighted by atomic mass is 10.2. The van der Waals surface area contributed by atoms with Gasteiger partial charge in [-0.3, -0.25) is 30.0 Å². The topological polar surface area (TPSA) is 140 Å². The molecule has 0 aliphatic carbocycles. The first kappa shape index (κ1) is 20.6. The second kappa shape index (κ2) is 8.33. The minimum Gasteiger partial charge on any atom is -0.356 e. The number of nitrogens with one attached hydrogen (secondary N) is 2. The predicted molar refractivity (Wildman–Crippen MR) is 99.2 cm³/mol. The Morgan fingerprint density at radius 2 is 1.85 bits per heavy atom. The zero-order valence-electron chi connectivity index (χ0n) is 13.1. The Labute approximate surface area is 166 Å². The van der Waals surface area contributed by atoms with Gasteiger partial charge in [0.2, 0.25) is 3.79 Å². The third-order valence-electron chi connectivity index (χ3n) is 3.22. The van der Waals surface area contributed by atoms with Gasteiger partial charge in [-0.1, -0.05) is 34.8 Å². The Hall–Kier alpha value is -2.69. The Morgan fingerprint density at radius 3 is 2.37 bits per heavy atom. The van der Waals surface area contributed by atoms with Gasteiger partial charge in [-0.2, -0.15) is 0 Å². The van der Waals surface area contributed by atoms with Crippen molar-refractivity contribution >= 4 is 57.8 Å². The number of nitro groups is 2. The summed E-state index contributed by atoms with van der Waals surface area (Å²) >= 11 is 17.6. The molecule has 0 spiro atoms. The Bertz CT molecular complexity index is 875. The van der Waals surface area contributed by atoms with Crippen molar-refractivity contribution in [2.45, 2.75) is 9.96 Å². The normalized spacial score (nSPS) is 12.1. The molecular formula is C14H10Cl3N5O5. The van der Waals surface area contributed by atoms with Gasteiger partial charge in [0.25, 0.3) is 17.3 Å². The van der Waals surface area contributed by atoms with Crippen LogP contribution in [0.4, 0.5) is 17.1 Å². The number of rotatable bonds is 6. The third kappa shape index (κ3) is 5.39. The molecule has 1 atom stereocenters. The summed E-state index contributed by atoms with van der Waals surface area (Å²) in [6.45, 7) is 0. The minimum absolute atomic E-state index is 0.164. The molecule has 2 rings (SSSR count). The quantitative estimate of drug-likeness (QED) is 0.307. The molecule has 1 heterocycles. The van der Waals surface area contributed by atoms with E-state index in [1.54, 1.807) is 0 Å². The van der Waals surface area contributed by atoms with Crippen molar-refractivity contribution in [2.75, 3.05) is 5.32 Å². The zero-order chi connectivity index (χ0) is 20.2. The van der Waals surface area contributed by atoms with Crippen LogP contribution in [0.5, 0.6) is 0 Å². The van der Waals surface area contributed by atoms with Crippen LogP contribution in [0.25, 0.3) is 0 Å². The van der Waals surface area contributed by atoms with Gasteiger partial charge in [0, 0.05) is 18.5 Å². The van der Waals surface area contributed by atoms with Gasteiger partial charge in [-0.25, -0.2) is 0 Å². The number of anilines is 1. The Balaban J connectivity index is 2.33. The molecule has 2 N–H and O–H groups in total. The lowest BCUT2D eigenvalue weighted by molar-refractivity contribution is -0.393. The molecule has 0 fully saturated rings. The molecule has 0 aliphatic rings. The summed E-state index contributed by atoms with van der Waals surface area (Å²) < 4.78 is -2.10. The van der Waals surface area contributed by atoms with Gasteiger partial charge < -0.3 is 10.6 Å². The number of non-ortho nitro benzene ring substituents is 1. The van der Waals surface area contributed by atoms with Gasteiger partial charge in [0.1, 0.15) is 11.9 Å². The molecular weight excluding hydrogens is 425 g/mol. The van der Waals surface area contributed by atoms with E-state index in [-0.39, 0.29) is 11.3 Å². The average Bonchev–Trinajstić information content (AvgIpc) is 2.60. The number of benzene rings is 1. The Morgan fingerprint density at radius 1 is 1.15 bits per heavy atom. The highest BCUT2D eigenvalue weighted by atomic mass is 35.6. The number of pyridine rings is 1. The van der Waals surface area contributed by atoms with E-state index in [1.165, 1.54) is 24.5 Å². The fourth-order valence-corrected chi connectivity index (χ4v) is 2.30. The molecule has 1 aromatic heterocycles. The van der Waals surface area contributed by atoms with E-state index in [9.17, 15) is 25.0 Å². The maximum absolute atomic E-state index is 12.3. The van der Waals surface area contributed by atoms with Crippen molar-refractivity contribution in [2.24, 2.45) is 0 Å². The zero-order valence-corrected chi connectivity index (χ0v) is 15.4. The maximum atomic E-state index is 12.3. The van der Waals surface area contributed by atoms with E-state index in [0.717, 1.165) is 18.2 Å². The molecule has 1 amide bonds. The first-order chi connectivity index (χ1) is 12.6. The molecule has 0 saturated carbocycles. The second-order valence-corrected chi connectivity index (χ2v) is 7.42. The van der Waals surface area contributed by atoms with Crippen molar-refractivity contribution in [3.8, 4) is 0 Å².